The van der Waals surface area contributed by atoms with Crippen molar-refractivity contribution >= 4 is 0 Å². The first-order valence-electron chi connectivity index (χ1n) is 6.44. The standard InChI is InChI=1S/C13H21N5/c1-16(6-2-8-17-10-4-14-12-17)7-3-9-18-11-5-15-13-18/h4-5,10-13H,2-3,6-9H2,1H3. The summed E-state index contributed by atoms with van der Waals surface area (Å²) in [5, 5.41) is 0. The predicted molar refractivity (Wildman–Crippen MR) is 71.2 cm³/mol. The number of imidazole rings is 2. The third-order valence-corrected chi connectivity index (χ3v) is 3.03. The van der Waals surface area contributed by atoms with Gasteiger partial charge in [0.25, 0.3) is 0 Å². The van der Waals surface area contributed by atoms with Crippen molar-refractivity contribution in [2.75, 3.05) is 20.1 Å². The van der Waals surface area contributed by atoms with Crippen LogP contribution in [0.1, 0.15) is 12.8 Å². The maximum Gasteiger partial charge on any atom is 0.0945 e. The lowest BCUT2D eigenvalue weighted by atomic mass is 10.3. The Bertz CT molecular complexity index is 366. The Morgan fingerprint density at radius 3 is 1.78 bits per heavy atom. The van der Waals surface area contributed by atoms with Crippen molar-refractivity contribution in [1.82, 2.24) is 24.0 Å². The van der Waals surface area contributed by atoms with Gasteiger partial charge >= 0.3 is 0 Å². The Balaban J connectivity index is 1.53. The molecule has 0 saturated heterocycles. The van der Waals surface area contributed by atoms with E-state index in [0.29, 0.717) is 0 Å². The summed E-state index contributed by atoms with van der Waals surface area (Å²) in [6.07, 6.45) is 13.8. The van der Waals surface area contributed by atoms with Crippen molar-refractivity contribution in [1.29, 1.82) is 0 Å². The lowest BCUT2D eigenvalue weighted by molar-refractivity contribution is 0.310. The van der Waals surface area contributed by atoms with Gasteiger partial charge in [-0.15, -0.1) is 0 Å². The van der Waals surface area contributed by atoms with E-state index in [2.05, 4.69) is 31.0 Å². The van der Waals surface area contributed by atoms with Crippen molar-refractivity contribution in [2.45, 2.75) is 25.9 Å². The minimum Gasteiger partial charge on any atom is -0.337 e. The van der Waals surface area contributed by atoms with Gasteiger partial charge in [0, 0.05) is 37.9 Å². The highest BCUT2D eigenvalue weighted by molar-refractivity contribution is 4.75. The molecule has 0 spiro atoms. The summed E-state index contributed by atoms with van der Waals surface area (Å²) in [5.74, 6) is 0. The summed E-state index contributed by atoms with van der Waals surface area (Å²) in [6.45, 7) is 4.35. The molecule has 5 heteroatoms. The topological polar surface area (TPSA) is 38.9 Å². The first kappa shape index (κ1) is 12.8. The predicted octanol–water partition coefficient (Wildman–Crippen LogP) is 1.49. The van der Waals surface area contributed by atoms with Crippen LogP contribution in [0.2, 0.25) is 0 Å². The van der Waals surface area contributed by atoms with E-state index in [1.54, 1.807) is 0 Å². The Kier molecular flexibility index (Phi) is 4.96. The van der Waals surface area contributed by atoms with Gasteiger partial charge in [0.15, 0.2) is 0 Å². The summed E-state index contributed by atoms with van der Waals surface area (Å²) < 4.78 is 4.25. The van der Waals surface area contributed by atoms with Gasteiger partial charge in [-0.25, -0.2) is 9.97 Å². The van der Waals surface area contributed by atoms with E-state index in [1.807, 2.05) is 37.4 Å². The first-order chi connectivity index (χ1) is 8.84. The molecule has 2 heterocycles. The van der Waals surface area contributed by atoms with Crippen molar-refractivity contribution in [3.05, 3.63) is 37.4 Å². The summed E-state index contributed by atoms with van der Waals surface area (Å²) in [7, 11) is 2.18. The van der Waals surface area contributed by atoms with E-state index in [0.717, 1.165) is 39.0 Å². The second-order valence-corrected chi connectivity index (χ2v) is 4.61. The summed E-state index contributed by atoms with van der Waals surface area (Å²) in [6, 6.07) is 0. The molecule has 98 valence electrons. The van der Waals surface area contributed by atoms with Crippen LogP contribution in [0.3, 0.4) is 0 Å². The molecule has 0 fully saturated rings. The van der Waals surface area contributed by atoms with Crippen LogP contribution in [0.15, 0.2) is 37.4 Å². The van der Waals surface area contributed by atoms with Crippen molar-refractivity contribution in [3.8, 4) is 0 Å². The maximum atomic E-state index is 4.04. The quantitative estimate of drug-likeness (QED) is 0.709. The van der Waals surface area contributed by atoms with Gasteiger partial charge in [-0.3, -0.25) is 0 Å². The molecule has 0 amide bonds. The number of aryl methyl sites for hydroxylation is 2. The van der Waals surface area contributed by atoms with Crippen LogP contribution in [0, 0.1) is 0 Å². The highest BCUT2D eigenvalue weighted by Crippen LogP contribution is 1.96. The van der Waals surface area contributed by atoms with E-state index in [1.165, 1.54) is 0 Å². The molecule has 0 saturated carbocycles. The highest BCUT2D eigenvalue weighted by atomic mass is 15.1. The zero-order chi connectivity index (χ0) is 12.6. The van der Waals surface area contributed by atoms with Crippen LogP contribution in [0.4, 0.5) is 0 Å². The average molecular weight is 247 g/mol. The molecule has 0 aromatic carbocycles. The Morgan fingerprint density at radius 2 is 1.39 bits per heavy atom. The molecule has 0 aliphatic carbocycles. The molecule has 0 atom stereocenters. The van der Waals surface area contributed by atoms with Crippen LogP contribution < -0.4 is 0 Å². The van der Waals surface area contributed by atoms with Crippen molar-refractivity contribution < 1.29 is 0 Å². The van der Waals surface area contributed by atoms with Crippen LogP contribution >= 0.6 is 0 Å². The summed E-state index contributed by atoms with van der Waals surface area (Å²) in [4.78, 5) is 10.5. The average Bonchev–Trinajstić information content (AvgIpc) is 3.01. The lowest BCUT2D eigenvalue weighted by Crippen LogP contribution is -2.22. The minimum atomic E-state index is 1.05. The molecule has 2 aromatic heterocycles. The fourth-order valence-electron chi connectivity index (χ4n) is 2.00. The van der Waals surface area contributed by atoms with E-state index in [4.69, 9.17) is 0 Å². The van der Waals surface area contributed by atoms with Gasteiger partial charge in [0.2, 0.25) is 0 Å². The van der Waals surface area contributed by atoms with Crippen LogP contribution in [0.25, 0.3) is 0 Å². The van der Waals surface area contributed by atoms with Gasteiger partial charge in [0.1, 0.15) is 0 Å². The molecule has 0 aliphatic rings. The number of nitrogens with zero attached hydrogens (tertiary/aromatic N) is 5. The molecule has 0 bridgehead atoms. The van der Waals surface area contributed by atoms with Crippen LogP contribution in [-0.2, 0) is 13.1 Å². The molecule has 0 radical (unpaired) electrons. The van der Waals surface area contributed by atoms with Gasteiger partial charge < -0.3 is 14.0 Å². The fraction of sp³-hybridized carbons (Fsp3) is 0.538. The van der Waals surface area contributed by atoms with E-state index in [-0.39, 0.29) is 0 Å². The van der Waals surface area contributed by atoms with Crippen molar-refractivity contribution in [2.24, 2.45) is 0 Å². The Hall–Kier alpha value is -1.62. The Morgan fingerprint density at radius 1 is 0.889 bits per heavy atom. The van der Waals surface area contributed by atoms with Crippen LogP contribution in [-0.4, -0.2) is 44.1 Å². The van der Waals surface area contributed by atoms with E-state index >= 15 is 0 Å². The van der Waals surface area contributed by atoms with Gasteiger partial charge in [-0.1, -0.05) is 0 Å². The minimum absolute atomic E-state index is 1.05. The monoisotopic (exact) mass is 247 g/mol. The number of hydrogen-bond donors (Lipinski definition) is 0. The van der Waals surface area contributed by atoms with E-state index in [9.17, 15) is 0 Å². The molecule has 5 nitrogen and oxygen atoms in total. The van der Waals surface area contributed by atoms with Crippen molar-refractivity contribution in [3.63, 3.8) is 0 Å². The molecule has 0 aliphatic heterocycles. The summed E-state index contributed by atoms with van der Waals surface area (Å²) >= 11 is 0. The molecule has 18 heavy (non-hydrogen) atoms. The van der Waals surface area contributed by atoms with Gasteiger partial charge in [-0.2, -0.15) is 0 Å². The third-order valence-electron chi connectivity index (χ3n) is 3.03. The SMILES string of the molecule is CN(CCCn1ccnc1)CCCn1ccnc1. The molecular formula is C13H21N5. The first-order valence-corrected chi connectivity index (χ1v) is 6.44. The molecule has 0 N–H and O–H groups in total. The zero-order valence-corrected chi connectivity index (χ0v) is 10.9. The molecular weight excluding hydrogens is 226 g/mol. The molecule has 2 rings (SSSR count). The number of aromatic nitrogens is 4. The lowest BCUT2D eigenvalue weighted by Gasteiger charge is -2.16. The van der Waals surface area contributed by atoms with Gasteiger partial charge in [0.05, 0.1) is 12.7 Å². The molecule has 0 unspecified atom stereocenters. The second-order valence-electron chi connectivity index (χ2n) is 4.61. The summed E-state index contributed by atoms with van der Waals surface area (Å²) in [5.41, 5.74) is 0. The zero-order valence-electron chi connectivity index (χ0n) is 10.9. The molecule has 2 aromatic rings. The second kappa shape index (κ2) is 6.96. The van der Waals surface area contributed by atoms with E-state index < -0.39 is 0 Å². The highest BCUT2D eigenvalue weighted by Gasteiger charge is 1.99. The van der Waals surface area contributed by atoms with Gasteiger partial charge in [-0.05, 0) is 33.0 Å². The largest absolute Gasteiger partial charge is 0.337 e. The third kappa shape index (κ3) is 4.33. The fourth-order valence-corrected chi connectivity index (χ4v) is 2.00. The number of hydrogen-bond acceptors (Lipinski definition) is 3. The maximum absolute atomic E-state index is 4.04. The number of rotatable bonds is 8. The smallest absolute Gasteiger partial charge is 0.0945 e. The normalized spacial score (nSPS) is 11.2. The van der Waals surface area contributed by atoms with Crippen LogP contribution in [0.5, 0.6) is 0 Å². The Labute approximate surface area is 108 Å².